The monoisotopic (exact) mass is 659 g/mol. The van der Waals surface area contributed by atoms with Gasteiger partial charge in [-0.05, 0) is 77.7 Å². The Hall–Kier alpha value is -3.65. The number of rotatable bonds is 11. The lowest BCUT2D eigenvalue weighted by atomic mass is 9.95. The van der Waals surface area contributed by atoms with E-state index in [1.54, 1.807) is 14.2 Å². The molecule has 0 aromatic heterocycles. The number of carbonyl (C=O) groups excluding carboxylic acids is 1. The summed E-state index contributed by atoms with van der Waals surface area (Å²) < 4.78 is 23.7. The minimum absolute atomic E-state index is 0.0328. The van der Waals surface area contributed by atoms with E-state index in [2.05, 4.69) is 57.2 Å². The summed E-state index contributed by atoms with van der Waals surface area (Å²) in [6.07, 6.45) is 0.782. The SMILES string of the molecule is CC.COc1ccc(C(c2ccc(OC)cc2)N(CCc2ccc(Br)cc2)CC(=O)c2ccc3c(c2)COC(C)(C)O3)cc1. The van der Waals surface area contributed by atoms with Crippen molar-refractivity contribution in [2.24, 2.45) is 0 Å². The Labute approximate surface area is 270 Å². The minimum atomic E-state index is -0.688. The van der Waals surface area contributed by atoms with Gasteiger partial charge in [-0.2, -0.15) is 0 Å². The van der Waals surface area contributed by atoms with Crippen molar-refractivity contribution in [3.05, 3.63) is 123 Å². The van der Waals surface area contributed by atoms with Crippen molar-refractivity contribution in [3.8, 4) is 17.2 Å². The average molecular weight is 661 g/mol. The second-order valence-corrected chi connectivity index (χ2v) is 11.7. The first kappa shape index (κ1) is 33.2. The Bertz CT molecular complexity index is 1450. The van der Waals surface area contributed by atoms with Crippen LogP contribution < -0.4 is 14.2 Å². The van der Waals surface area contributed by atoms with Gasteiger partial charge in [-0.25, -0.2) is 0 Å². The number of ether oxygens (including phenoxy) is 4. The summed E-state index contributed by atoms with van der Waals surface area (Å²) in [6.45, 7) is 9.07. The average Bonchev–Trinajstić information content (AvgIpc) is 3.05. The third-order valence-corrected chi connectivity index (χ3v) is 8.02. The summed E-state index contributed by atoms with van der Waals surface area (Å²) in [5.74, 6) is 1.67. The molecule has 0 atom stereocenters. The van der Waals surface area contributed by atoms with E-state index < -0.39 is 5.79 Å². The van der Waals surface area contributed by atoms with Gasteiger partial charge in [0.1, 0.15) is 17.2 Å². The zero-order valence-electron chi connectivity index (χ0n) is 26.4. The fraction of sp³-hybridized carbons (Fsp3) is 0.324. The van der Waals surface area contributed by atoms with Crippen molar-refractivity contribution in [2.45, 2.75) is 52.6 Å². The number of Topliss-reactive ketones (excluding diaryl/α,β-unsaturated/α-hetero) is 1. The molecule has 4 aromatic rings. The van der Waals surface area contributed by atoms with Crippen LogP contribution in [0.4, 0.5) is 0 Å². The van der Waals surface area contributed by atoms with E-state index in [-0.39, 0.29) is 18.4 Å². The predicted octanol–water partition coefficient (Wildman–Crippen LogP) is 8.65. The van der Waals surface area contributed by atoms with E-state index in [1.807, 2.05) is 82.3 Å². The van der Waals surface area contributed by atoms with E-state index in [0.29, 0.717) is 18.7 Å². The Kier molecular flexibility index (Phi) is 11.6. The Morgan fingerprint density at radius 3 is 1.98 bits per heavy atom. The van der Waals surface area contributed by atoms with Crippen LogP contribution in [0.1, 0.15) is 66.3 Å². The highest BCUT2D eigenvalue weighted by Gasteiger charge is 2.29. The Balaban J connectivity index is 0.00000216. The smallest absolute Gasteiger partial charge is 0.205 e. The number of benzene rings is 4. The molecule has 0 amide bonds. The maximum absolute atomic E-state index is 13.9. The summed E-state index contributed by atoms with van der Waals surface area (Å²) in [5.41, 5.74) is 4.85. The lowest BCUT2D eigenvalue weighted by Crippen LogP contribution is -2.37. The fourth-order valence-electron chi connectivity index (χ4n) is 5.20. The molecule has 5 rings (SSSR count). The van der Waals surface area contributed by atoms with E-state index in [9.17, 15) is 4.79 Å². The number of nitrogens with zero attached hydrogens (tertiary/aromatic N) is 1. The molecule has 0 saturated carbocycles. The first-order valence-corrected chi connectivity index (χ1v) is 15.8. The lowest BCUT2D eigenvalue weighted by molar-refractivity contribution is -0.180. The summed E-state index contributed by atoms with van der Waals surface area (Å²) in [5, 5.41) is 0. The maximum Gasteiger partial charge on any atom is 0.205 e. The molecule has 0 unspecified atom stereocenters. The molecule has 1 aliphatic heterocycles. The van der Waals surface area contributed by atoms with Crippen molar-refractivity contribution in [3.63, 3.8) is 0 Å². The normalized spacial score (nSPS) is 13.4. The van der Waals surface area contributed by atoms with E-state index in [0.717, 1.165) is 44.8 Å². The molecule has 0 radical (unpaired) electrons. The van der Waals surface area contributed by atoms with Gasteiger partial charge in [0.15, 0.2) is 5.78 Å². The van der Waals surface area contributed by atoms with E-state index >= 15 is 0 Å². The van der Waals surface area contributed by atoms with Crippen molar-refractivity contribution in [1.82, 2.24) is 4.90 Å². The molecule has 44 heavy (non-hydrogen) atoms. The van der Waals surface area contributed by atoms with Crippen LogP contribution in [-0.2, 0) is 17.8 Å². The van der Waals surface area contributed by atoms with Crippen LogP contribution in [0.3, 0.4) is 0 Å². The topological polar surface area (TPSA) is 57.2 Å². The number of methoxy groups -OCH3 is 2. The molecular weight excluding hydrogens is 618 g/mol. The van der Waals surface area contributed by atoms with Gasteiger partial charge in [0.05, 0.1) is 33.4 Å². The molecular formula is C37H42BrNO5. The second kappa shape index (κ2) is 15.4. The number of hydrogen-bond acceptors (Lipinski definition) is 6. The molecule has 1 heterocycles. The number of halogens is 1. The summed E-state index contributed by atoms with van der Waals surface area (Å²) in [6, 6.07) is 29.9. The third kappa shape index (κ3) is 8.50. The molecule has 0 saturated heterocycles. The van der Waals surface area contributed by atoms with Gasteiger partial charge < -0.3 is 18.9 Å². The predicted molar refractivity (Wildman–Crippen MR) is 179 cm³/mol. The van der Waals surface area contributed by atoms with Gasteiger partial charge in [0.25, 0.3) is 0 Å². The van der Waals surface area contributed by atoms with Crippen molar-refractivity contribution < 1.29 is 23.7 Å². The molecule has 0 bridgehead atoms. The second-order valence-electron chi connectivity index (χ2n) is 10.8. The summed E-state index contributed by atoms with van der Waals surface area (Å²) in [4.78, 5) is 16.2. The van der Waals surface area contributed by atoms with E-state index in [4.69, 9.17) is 18.9 Å². The number of carbonyl (C=O) groups is 1. The van der Waals surface area contributed by atoms with E-state index in [1.165, 1.54) is 5.56 Å². The molecule has 0 aliphatic carbocycles. The highest BCUT2D eigenvalue weighted by atomic mass is 79.9. The number of fused-ring (bicyclic) bond motifs is 1. The quantitative estimate of drug-likeness (QED) is 0.150. The van der Waals surface area contributed by atoms with Gasteiger partial charge in [0, 0.05) is 36.0 Å². The highest BCUT2D eigenvalue weighted by Crippen LogP contribution is 2.34. The third-order valence-electron chi connectivity index (χ3n) is 7.49. The largest absolute Gasteiger partial charge is 0.497 e. The first-order valence-electron chi connectivity index (χ1n) is 15.0. The van der Waals surface area contributed by atoms with Crippen LogP contribution >= 0.6 is 15.9 Å². The Morgan fingerprint density at radius 2 is 1.43 bits per heavy atom. The van der Waals surface area contributed by atoms with Crippen molar-refractivity contribution in [2.75, 3.05) is 27.3 Å². The molecule has 0 N–H and O–H groups in total. The minimum Gasteiger partial charge on any atom is -0.497 e. The van der Waals surface area contributed by atoms with Crippen molar-refractivity contribution in [1.29, 1.82) is 0 Å². The van der Waals surface area contributed by atoms with Crippen molar-refractivity contribution >= 4 is 21.7 Å². The van der Waals surface area contributed by atoms with Gasteiger partial charge in [-0.15, -0.1) is 0 Å². The van der Waals surface area contributed by atoms with Gasteiger partial charge in [0.2, 0.25) is 5.79 Å². The zero-order chi connectivity index (χ0) is 31.7. The molecule has 0 fully saturated rings. The highest BCUT2D eigenvalue weighted by molar-refractivity contribution is 9.10. The Morgan fingerprint density at radius 1 is 0.864 bits per heavy atom. The van der Waals surface area contributed by atoms with Crippen LogP contribution in [0.5, 0.6) is 17.2 Å². The maximum atomic E-state index is 13.9. The molecule has 4 aromatic carbocycles. The van der Waals surface area contributed by atoms with Crippen LogP contribution in [0.2, 0.25) is 0 Å². The molecule has 7 heteroatoms. The standard InChI is InChI=1S/C35H36BrNO5.C2H6/c1-35(2)41-23-28-21-27(11-18-33(28)42-35)32(38)22-37(20-19-24-5-12-29(36)13-6-24)34(25-7-14-30(39-3)15-8-25)26-9-16-31(40-4)17-10-26;1-2/h5-18,21,34H,19-20,22-23H2,1-4H3;1-2H3. The fourth-order valence-corrected chi connectivity index (χ4v) is 5.46. The summed E-state index contributed by atoms with van der Waals surface area (Å²) >= 11 is 3.53. The van der Waals surface area contributed by atoms with Crippen LogP contribution in [0, 0.1) is 0 Å². The lowest BCUT2D eigenvalue weighted by Gasteiger charge is -2.33. The van der Waals surface area contributed by atoms with Crippen LogP contribution in [0.25, 0.3) is 0 Å². The molecule has 0 spiro atoms. The number of ketones is 1. The molecule has 6 nitrogen and oxygen atoms in total. The molecule has 1 aliphatic rings. The molecule has 232 valence electrons. The number of hydrogen-bond donors (Lipinski definition) is 0. The summed E-state index contributed by atoms with van der Waals surface area (Å²) in [7, 11) is 3.32. The van der Waals surface area contributed by atoms with Crippen LogP contribution in [0.15, 0.2) is 95.5 Å². The van der Waals surface area contributed by atoms with Gasteiger partial charge in [-0.3, -0.25) is 9.69 Å². The zero-order valence-corrected chi connectivity index (χ0v) is 28.0. The van der Waals surface area contributed by atoms with Gasteiger partial charge >= 0.3 is 0 Å². The van der Waals surface area contributed by atoms with Crippen LogP contribution in [-0.4, -0.2) is 43.8 Å². The van der Waals surface area contributed by atoms with Gasteiger partial charge in [-0.1, -0.05) is 66.2 Å². The first-order chi connectivity index (χ1) is 21.2.